The van der Waals surface area contributed by atoms with Gasteiger partial charge in [-0.25, -0.2) is 0 Å². The number of benzene rings is 1. The Hall–Kier alpha value is -1.22. The number of nitrogen functional groups attached to an aromatic ring is 1. The van der Waals surface area contributed by atoms with Gasteiger partial charge in [0.15, 0.2) is 0 Å². The maximum atomic E-state index is 11.5. The minimum absolute atomic E-state index is 0.0915. The highest BCUT2D eigenvalue weighted by Gasteiger charge is 2.41. The number of carbonyl (C=O) groups excluding carboxylic acids is 1. The lowest BCUT2D eigenvalue weighted by atomic mass is 9.62. The first-order chi connectivity index (χ1) is 8.07. The van der Waals surface area contributed by atoms with Gasteiger partial charge in [0.2, 0.25) is 0 Å². The lowest BCUT2D eigenvalue weighted by Crippen LogP contribution is -2.37. The van der Waals surface area contributed by atoms with Crippen molar-refractivity contribution in [3.63, 3.8) is 0 Å². The van der Waals surface area contributed by atoms with Gasteiger partial charge in [0.1, 0.15) is 0 Å². The molecule has 4 heteroatoms. The summed E-state index contributed by atoms with van der Waals surface area (Å²) >= 11 is 5.91. The molecule has 1 saturated carbocycles. The minimum Gasteiger partial charge on any atom is -0.469 e. The second kappa shape index (κ2) is 4.57. The van der Waals surface area contributed by atoms with Gasteiger partial charge in [-0.15, -0.1) is 0 Å². The van der Waals surface area contributed by atoms with Crippen molar-refractivity contribution < 1.29 is 9.53 Å². The molecule has 0 unspecified atom stereocenters. The van der Waals surface area contributed by atoms with Crippen LogP contribution in [0.4, 0.5) is 5.69 Å². The van der Waals surface area contributed by atoms with Crippen LogP contribution in [0.5, 0.6) is 0 Å². The van der Waals surface area contributed by atoms with E-state index in [1.54, 1.807) is 6.07 Å². The SMILES string of the molecule is COC(=O)CC1(c2ccc(Cl)c(N)c2)CCC1. The van der Waals surface area contributed by atoms with Crippen LogP contribution in [0.3, 0.4) is 0 Å². The Labute approximate surface area is 106 Å². The van der Waals surface area contributed by atoms with Crippen LogP contribution in [0.15, 0.2) is 18.2 Å². The zero-order valence-electron chi connectivity index (χ0n) is 9.83. The molecule has 1 aliphatic rings. The van der Waals surface area contributed by atoms with Gasteiger partial charge in [0.05, 0.1) is 24.2 Å². The van der Waals surface area contributed by atoms with E-state index in [1.807, 2.05) is 12.1 Å². The topological polar surface area (TPSA) is 52.3 Å². The van der Waals surface area contributed by atoms with Crippen molar-refractivity contribution in [2.75, 3.05) is 12.8 Å². The van der Waals surface area contributed by atoms with Crippen molar-refractivity contribution in [2.45, 2.75) is 31.1 Å². The first kappa shape index (κ1) is 12.2. The molecule has 0 radical (unpaired) electrons. The van der Waals surface area contributed by atoms with Crippen molar-refractivity contribution in [2.24, 2.45) is 0 Å². The predicted molar refractivity (Wildman–Crippen MR) is 68.0 cm³/mol. The molecule has 0 heterocycles. The maximum absolute atomic E-state index is 11.5. The van der Waals surface area contributed by atoms with Gasteiger partial charge in [-0.3, -0.25) is 4.79 Å². The Bertz CT molecular complexity index is 441. The zero-order chi connectivity index (χ0) is 12.5. The van der Waals surface area contributed by atoms with Gasteiger partial charge in [-0.2, -0.15) is 0 Å². The fourth-order valence-corrected chi connectivity index (χ4v) is 2.51. The fraction of sp³-hybridized carbons (Fsp3) is 0.462. The van der Waals surface area contributed by atoms with Gasteiger partial charge < -0.3 is 10.5 Å². The van der Waals surface area contributed by atoms with E-state index in [-0.39, 0.29) is 11.4 Å². The smallest absolute Gasteiger partial charge is 0.306 e. The summed E-state index contributed by atoms with van der Waals surface area (Å²) in [6.07, 6.45) is 3.57. The molecule has 0 aliphatic heterocycles. The summed E-state index contributed by atoms with van der Waals surface area (Å²) in [5, 5.41) is 0.557. The predicted octanol–water partition coefficient (Wildman–Crippen LogP) is 2.91. The third-order valence-corrected chi connectivity index (χ3v) is 3.97. The Morgan fingerprint density at radius 3 is 2.71 bits per heavy atom. The quantitative estimate of drug-likeness (QED) is 0.666. The van der Waals surface area contributed by atoms with Gasteiger partial charge in [-0.1, -0.05) is 24.1 Å². The summed E-state index contributed by atoms with van der Waals surface area (Å²) in [6.45, 7) is 0. The molecule has 3 nitrogen and oxygen atoms in total. The summed E-state index contributed by atoms with van der Waals surface area (Å²) in [4.78, 5) is 11.5. The number of rotatable bonds is 3. The lowest BCUT2D eigenvalue weighted by molar-refractivity contribution is -0.143. The highest BCUT2D eigenvalue weighted by Crippen LogP contribution is 2.47. The first-order valence-corrected chi connectivity index (χ1v) is 6.07. The van der Waals surface area contributed by atoms with Crippen molar-refractivity contribution in [1.29, 1.82) is 0 Å². The van der Waals surface area contributed by atoms with Crippen LogP contribution < -0.4 is 5.73 Å². The number of hydrogen-bond acceptors (Lipinski definition) is 3. The summed E-state index contributed by atoms with van der Waals surface area (Å²) in [5.74, 6) is -0.168. The van der Waals surface area contributed by atoms with Crippen molar-refractivity contribution in [3.8, 4) is 0 Å². The first-order valence-electron chi connectivity index (χ1n) is 5.70. The van der Waals surface area contributed by atoms with E-state index in [2.05, 4.69) is 0 Å². The molecule has 1 aromatic carbocycles. The largest absolute Gasteiger partial charge is 0.469 e. The molecular formula is C13H16ClNO2. The van der Waals surface area contributed by atoms with Crippen LogP contribution in [-0.4, -0.2) is 13.1 Å². The lowest BCUT2D eigenvalue weighted by Gasteiger charge is -2.41. The van der Waals surface area contributed by atoms with E-state index in [9.17, 15) is 4.79 Å². The molecular weight excluding hydrogens is 238 g/mol. The number of esters is 1. The highest BCUT2D eigenvalue weighted by atomic mass is 35.5. The number of carbonyl (C=O) groups is 1. The Morgan fingerprint density at radius 1 is 1.53 bits per heavy atom. The van der Waals surface area contributed by atoms with Gasteiger partial charge in [-0.05, 0) is 30.5 Å². The van der Waals surface area contributed by atoms with Crippen LogP contribution >= 0.6 is 11.6 Å². The summed E-state index contributed by atoms with van der Waals surface area (Å²) in [7, 11) is 1.42. The van der Waals surface area contributed by atoms with Gasteiger partial charge >= 0.3 is 5.97 Å². The van der Waals surface area contributed by atoms with E-state index < -0.39 is 0 Å². The molecule has 0 bridgehead atoms. The Balaban J connectivity index is 2.28. The second-order valence-corrected chi connectivity index (χ2v) is 5.03. The number of nitrogens with two attached hydrogens (primary N) is 1. The molecule has 0 amide bonds. The highest BCUT2D eigenvalue weighted by molar-refractivity contribution is 6.33. The van der Waals surface area contributed by atoms with Gasteiger partial charge in [0, 0.05) is 5.41 Å². The summed E-state index contributed by atoms with van der Waals surface area (Å²) < 4.78 is 4.76. The van der Waals surface area contributed by atoms with E-state index in [0.29, 0.717) is 17.1 Å². The maximum Gasteiger partial charge on any atom is 0.306 e. The van der Waals surface area contributed by atoms with E-state index in [4.69, 9.17) is 22.1 Å². The number of hydrogen-bond donors (Lipinski definition) is 1. The monoisotopic (exact) mass is 253 g/mol. The average Bonchev–Trinajstić information content (AvgIpc) is 2.27. The number of ether oxygens (including phenoxy) is 1. The number of halogens is 1. The number of methoxy groups -OCH3 is 1. The van der Waals surface area contributed by atoms with Crippen molar-refractivity contribution >= 4 is 23.3 Å². The van der Waals surface area contributed by atoms with Crippen molar-refractivity contribution in [1.82, 2.24) is 0 Å². The molecule has 0 spiro atoms. The summed E-state index contributed by atoms with van der Waals surface area (Å²) in [6, 6.07) is 5.63. The van der Waals surface area contributed by atoms with E-state index >= 15 is 0 Å². The molecule has 2 N–H and O–H groups in total. The van der Waals surface area contributed by atoms with E-state index in [0.717, 1.165) is 24.8 Å². The van der Waals surface area contributed by atoms with Crippen molar-refractivity contribution in [3.05, 3.63) is 28.8 Å². The second-order valence-electron chi connectivity index (χ2n) is 4.62. The molecule has 1 aliphatic carbocycles. The molecule has 0 aromatic heterocycles. The third kappa shape index (κ3) is 2.25. The van der Waals surface area contributed by atoms with Crippen LogP contribution in [-0.2, 0) is 14.9 Å². The molecule has 0 atom stereocenters. The van der Waals surface area contributed by atoms with Crippen LogP contribution in [0.25, 0.3) is 0 Å². The molecule has 1 fully saturated rings. The normalized spacial score (nSPS) is 17.3. The standard InChI is InChI=1S/C13H16ClNO2/c1-17-12(16)8-13(5-2-6-13)9-3-4-10(14)11(15)7-9/h3-4,7H,2,5-6,8,15H2,1H3. The zero-order valence-corrected chi connectivity index (χ0v) is 10.6. The average molecular weight is 254 g/mol. The Morgan fingerprint density at radius 2 is 2.24 bits per heavy atom. The molecule has 1 aromatic rings. The Kier molecular flexibility index (Phi) is 3.29. The van der Waals surface area contributed by atoms with Crippen LogP contribution in [0, 0.1) is 0 Å². The third-order valence-electron chi connectivity index (χ3n) is 3.63. The van der Waals surface area contributed by atoms with Crippen LogP contribution in [0.1, 0.15) is 31.2 Å². The molecule has 92 valence electrons. The summed E-state index contributed by atoms with van der Waals surface area (Å²) in [5.41, 5.74) is 7.38. The molecule has 2 rings (SSSR count). The molecule has 17 heavy (non-hydrogen) atoms. The number of anilines is 1. The van der Waals surface area contributed by atoms with Gasteiger partial charge in [0.25, 0.3) is 0 Å². The minimum atomic E-state index is -0.168. The fourth-order valence-electron chi connectivity index (χ4n) is 2.39. The molecule has 0 saturated heterocycles. The van der Waals surface area contributed by atoms with E-state index in [1.165, 1.54) is 7.11 Å². The van der Waals surface area contributed by atoms with Crippen LogP contribution in [0.2, 0.25) is 5.02 Å².